The number of aryl methyl sites for hydroxylation is 1. The van der Waals surface area contributed by atoms with Crippen molar-refractivity contribution < 1.29 is 14.6 Å². The second-order valence-electron chi connectivity index (χ2n) is 5.16. The summed E-state index contributed by atoms with van der Waals surface area (Å²) in [7, 11) is 1.93. The normalized spacial score (nSPS) is 18.6. The number of rotatable bonds is 5. The molecule has 1 aromatic rings. The molecule has 0 spiro atoms. The Bertz CT molecular complexity index is 449. The van der Waals surface area contributed by atoms with Crippen LogP contribution in [0.4, 0.5) is 0 Å². The van der Waals surface area contributed by atoms with Crippen molar-refractivity contribution in [2.45, 2.75) is 26.0 Å². The Balaban J connectivity index is 1.82. The van der Waals surface area contributed by atoms with Crippen molar-refractivity contribution in [2.24, 2.45) is 7.05 Å². The van der Waals surface area contributed by atoms with E-state index in [1.165, 1.54) is 5.56 Å². The summed E-state index contributed by atoms with van der Waals surface area (Å²) in [5, 5.41) is 12.8. The molecule has 1 aliphatic rings. The summed E-state index contributed by atoms with van der Waals surface area (Å²) < 4.78 is 7.22. The molecule has 0 atom stereocenters. The minimum absolute atomic E-state index is 0.226. The van der Waals surface area contributed by atoms with E-state index in [-0.39, 0.29) is 12.2 Å². The maximum Gasteiger partial charge on any atom is 0.329 e. The van der Waals surface area contributed by atoms with Crippen molar-refractivity contribution in [3.63, 3.8) is 0 Å². The molecule has 0 bridgehead atoms. The lowest BCUT2D eigenvalue weighted by atomic mass is 9.95. The minimum Gasteiger partial charge on any atom is -0.480 e. The molecular formula is C12H19N3O3. The summed E-state index contributed by atoms with van der Waals surface area (Å²) in [6, 6.07) is 0. The van der Waals surface area contributed by atoms with Crippen LogP contribution in [0.15, 0.2) is 6.20 Å². The fourth-order valence-electron chi connectivity index (χ4n) is 2.28. The lowest BCUT2D eigenvalue weighted by Gasteiger charge is -2.47. The van der Waals surface area contributed by atoms with Gasteiger partial charge in [-0.2, -0.15) is 5.10 Å². The Kier molecular flexibility index (Phi) is 3.41. The zero-order chi connectivity index (χ0) is 13.3. The maximum absolute atomic E-state index is 10.5. The second kappa shape index (κ2) is 4.70. The number of aliphatic carboxylic acids is 1. The van der Waals surface area contributed by atoms with Crippen molar-refractivity contribution in [1.29, 1.82) is 0 Å². The van der Waals surface area contributed by atoms with Crippen LogP contribution in [0.2, 0.25) is 0 Å². The molecule has 0 saturated carbocycles. The monoisotopic (exact) mass is 253 g/mol. The van der Waals surface area contributed by atoms with E-state index in [1.807, 2.05) is 31.8 Å². The van der Waals surface area contributed by atoms with Crippen LogP contribution in [0.5, 0.6) is 0 Å². The van der Waals surface area contributed by atoms with Crippen molar-refractivity contribution in [2.75, 3.05) is 19.7 Å². The molecule has 2 heterocycles. The average molecular weight is 253 g/mol. The Morgan fingerprint density at radius 2 is 2.28 bits per heavy atom. The van der Waals surface area contributed by atoms with Gasteiger partial charge in [0.15, 0.2) is 0 Å². The fraction of sp³-hybridized carbons (Fsp3) is 0.667. The van der Waals surface area contributed by atoms with E-state index in [1.54, 1.807) is 0 Å². The highest BCUT2D eigenvalue weighted by Crippen LogP contribution is 2.26. The van der Waals surface area contributed by atoms with Gasteiger partial charge in [-0.25, -0.2) is 4.79 Å². The highest BCUT2D eigenvalue weighted by Gasteiger charge is 2.40. The van der Waals surface area contributed by atoms with Gasteiger partial charge < -0.3 is 9.84 Å². The van der Waals surface area contributed by atoms with Crippen LogP contribution in [0.25, 0.3) is 0 Å². The Hall–Kier alpha value is -1.40. The van der Waals surface area contributed by atoms with Crippen LogP contribution in [-0.2, 0) is 23.1 Å². The van der Waals surface area contributed by atoms with E-state index in [4.69, 9.17) is 9.84 Å². The van der Waals surface area contributed by atoms with Gasteiger partial charge >= 0.3 is 5.97 Å². The predicted octanol–water partition coefficient (Wildman–Crippen LogP) is 0.404. The molecule has 0 radical (unpaired) electrons. The van der Waals surface area contributed by atoms with Crippen molar-refractivity contribution in [3.8, 4) is 0 Å². The van der Waals surface area contributed by atoms with E-state index >= 15 is 0 Å². The van der Waals surface area contributed by atoms with Crippen molar-refractivity contribution >= 4 is 5.97 Å². The molecule has 1 aromatic heterocycles. The van der Waals surface area contributed by atoms with Crippen LogP contribution in [0.3, 0.4) is 0 Å². The molecule has 0 aromatic carbocycles. The molecule has 0 aliphatic carbocycles. The van der Waals surface area contributed by atoms with Gasteiger partial charge in [0.25, 0.3) is 0 Å². The lowest BCUT2D eigenvalue weighted by Crippen LogP contribution is -2.61. The smallest absolute Gasteiger partial charge is 0.329 e. The molecule has 100 valence electrons. The Labute approximate surface area is 106 Å². The fourth-order valence-corrected chi connectivity index (χ4v) is 2.28. The third-order valence-corrected chi connectivity index (χ3v) is 3.39. The highest BCUT2D eigenvalue weighted by atomic mass is 16.5. The van der Waals surface area contributed by atoms with Crippen molar-refractivity contribution in [3.05, 3.63) is 17.5 Å². The third-order valence-electron chi connectivity index (χ3n) is 3.39. The van der Waals surface area contributed by atoms with Gasteiger partial charge in [-0.1, -0.05) is 0 Å². The summed E-state index contributed by atoms with van der Waals surface area (Å²) in [6.45, 7) is 6.12. The van der Waals surface area contributed by atoms with Gasteiger partial charge in [0.05, 0.1) is 11.8 Å². The topological polar surface area (TPSA) is 67.6 Å². The molecule has 2 rings (SSSR count). The number of likely N-dealkylation sites (tertiary alicyclic amines) is 1. The van der Waals surface area contributed by atoms with Gasteiger partial charge in [0, 0.05) is 37.9 Å². The zero-order valence-corrected chi connectivity index (χ0v) is 11.0. The van der Waals surface area contributed by atoms with Crippen LogP contribution in [0, 0.1) is 6.92 Å². The molecule has 1 N–H and O–H groups in total. The summed E-state index contributed by atoms with van der Waals surface area (Å²) >= 11 is 0. The largest absolute Gasteiger partial charge is 0.480 e. The molecule has 1 aliphatic heterocycles. The first-order valence-corrected chi connectivity index (χ1v) is 5.95. The van der Waals surface area contributed by atoms with E-state index < -0.39 is 5.97 Å². The van der Waals surface area contributed by atoms with Crippen molar-refractivity contribution in [1.82, 2.24) is 14.7 Å². The van der Waals surface area contributed by atoms with E-state index in [0.717, 1.165) is 25.3 Å². The molecule has 0 amide bonds. The predicted molar refractivity (Wildman–Crippen MR) is 65.2 cm³/mol. The number of carbonyl (C=O) groups is 1. The van der Waals surface area contributed by atoms with Gasteiger partial charge in [0.1, 0.15) is 6.61 Å². The number of carboxylic acid groups (broad SMARTS) is 1. The van der Waals surface area contributed by atoms with Gasteiger partial charge in [-0.15, -0.1) is 0 Å². The number of hydrogen-bond acceptors (Lipinski definition) is 4. The standard InChI is InChI=1S/C12H19N3O3/c1-9-10(4-13-14(9)3)5-15-7-12(2,8-15)18-6-11(16)17/h4H,5-8H2,1-3H3,(H,16,17). The number of hydrogen-bond donors (Lipinski definition) is 1. The molecule has 0 unspecified atom stereocenters. The maximum atomic E-state index is 10.5. The zero-order valence-electron chi connectivity index (χ0n) is 11.0. The lowest BCUT2D eigenvalue weighted by molar-refractivity contribution is -0.165. The van der Waals surface area contributed by atoms with E-state index in [9.17, 15) is 4.79 Å². The average Bonchev–Trinajstić information content (AvgIpc) is 2.56. The van der Waals surface area contributed by atoms with Crippen LogP contribution >= 0.6 is 0 Å². The van der Waals surface area contributed by atoms with Gasteiger partial charge in [-0.3, -0.25) is 9.58 Å². The summed E-state index contributed by atoms with van der Waals surface area (Å²) in [5.74, 6) is -0.919. The number of carboxylic acids is 1. The van der Waals surface area contributed by atoms with Gasteiger partial charge in [-0.05, 0) is 13.8 Å². The third kappa shape index (κ3) is 2.70. The molecule has 6 nitrogen and oxygen atoms in total. The Morgan fingerprint density at radius 1 is 1.61 bits per heavy atom. The first-order chi connectivity index (χ1) is 8.39. The summed E-state index contributed by atoms with van der Waals surface area (Å²) in [5.41, 5.74) is 2.04. The van der Waals surface area contributed by atoms with Crippen LogP contribution < -0.4 is 0 Å². The van der Waals surface area contributed by atoms with Crippen LogP contribution in [-0.4, -0.2) is 51.1 Å². The summed E-state index contributed by atoms with van der Waals surface area (Å²) in [4.78, 5) is 12.7. The molecule has 1 fully saturated rings. The molecule has 18 heavy (non-hydrogen) atoms. The Morgan fingerprint density at radius 3 is 2.78 bits per heavy atom. The quantitative estimate of drug-likeness (QED) is 0.823. The molecule has 6 heteroatoms. The summed E-state index contributed by atoms with van der Waals surface area (Å²) in [6.07, 6.45) is 1.88. The highest BCUT2D eigenvalue weighted by molar-refractivity contribution is 5.68. The number of ether oxygens (including phenoxy) is 1. The minimum atomic E-state index is -0.919. The molecular weight excluding hydrogens is 234 g/mol. The first-order valence-electron chi connectivity index (χ1n) is 5.95. The van der Waals surface area contributed by atoms with Crippen LogP contribution in [0.1, 0.15) is 18.2 Å². The second-order valence-corrected chi connectivity index (χ2v) is 5.16. The molecule has 1 saturated heterocycles. The first kappa shape index (κ1) is 13.0. The van der Waals surface area contributed by atoms with E-state index in [0.29, 0.717) is 0 Å². The SMILES string of the molecule is Cc1c(CN2CC(C)(OCC(=O)O)C2)cnn1C. The number of aromatic nitrogens is 2. The number of nitrogens with zero attached hydrogens (tertiary/aromatic N) is 3. The van der Waals surface area contributed by atoms with Gasteiger partial charge in [0.2, 0.25) is 0 Å². The van der Waals surface area contributed by atoms with E-state index in [2.05, 4.69) is 10.00 Å².